The van der Waals surface area contributed by atoms with Crippen LogP contribution in [-0.2, 0) is 0 Å². The lowest BCUT2D eigenvalue weighted by Crippen LogP contribution is -2.55. The van der Waals surface area contributed by atoms with E-state index in [1.807, 2.05) is 0 Å². The molecule has 2 aliphatic rings. The molecule has 0 aromatic carbocycles. The minimum absolute atomic E-state index is 0.432. The van der Waals surface area contributed by atoms with Crippen LogP contribution in [0.5, 0.6) is 0 Å². The standard InChI is InChI=1S/C17H34N2/c1-15(16-10-6-4-7-11-16)18-14-17(19(2)3)12-8-5-9-13-17/h15-16,18H,4-14H2,1-3H3. The zero-order valence-corrected chi connectivity index (χ0v) is 13.4. The maximum Gasteiger partial charge on any atom is 0.0327 e. The largest absolute Gasteiger partial charge is 0.312 e. The van der Waals surface area contributed by atoms with Crippen LogP contribution in [0.4, 0.5) is 0 Å². The minimum atomic E-state index is 0.432. The van der Waals surface area contributed by atoms with Gasteiger partial charge in [-0.3, -0.25) is 0 Å². The highest BCUT2D eigenvalue weighted by Gasteiger charge is 2.34. The maximum atomic E-state index is 3.90. The van der Waals surface area contributed by atoms with Gasteiger partial charge in [0, 0.05) is 18.1 Å². The van der Waals surface area contributed by atoms with Gasteiger partial charge in [-0.2, -0.15) is 0 Å². The first-order chi connectivity index (χ1) is 9.14. The van der Waals surface area contributed by atoms with E-state index in [2.05, 4.69) is 31.2 Å². The number of hydrogen-bond acceptors (Lipinski definition) is 2. The third-order valence-corrected chi connectivity index (χ3v) is 5.84. The average molecular weight is 266 g/mol. The van der Waals surface area contributed by atoms with Gasteiger partial charge in [0.1, 0.15) is 0 Å². The van der Waals surface area contributed by atoms with Crippen LogP contribution >= 0.6 is 0 Å². The van der Waals surface area contributed by atoms with E-state index in [1.165, 1.54) is 70.8 Å². The quantitative estimate of drug-likeness (QED) is 0.814. The zero-order valence-electron chi connectivity index (χ0n) is 13.4. The molecule has 2 nitrogen and oxygen atoms in total. The van der Waals surface area contributed by atoms with Crippen molar-refractivity contribution >= 4 is 0 Å². The van der Waals surface area contributed by atoms with Crippen LogP contribution in [0, 0.1) is 5.92 Å². The molecule has 19 heavy (non-hydrogen) atoms. The SMILES string of the molecule is CC(NCC1(N(C)C)CCCCC1)C1CCCCC1. The predicted molar refractivity (Wildman–Crippen MR) is 83.5 cm³/mol. The van der Waals surface area contributed by atoms with Crippen LogP contribution < -0.4 is 5.32 Å². The van der Waals surface area contributed by atoms with Gasteiger partial charge in [0.15, 0.2) is 0 Å². The summed E-state index contributed by atoms with van der Waals surface area (Å²) in [5.74, 6) is 0.927. The van der Waals surface area contributed by atoms with Gasteiger partial charge in [0.25, 0.3) is 0 Å². The molecule has 112 valence electrons. The Morgan fingerprint density at radius 1 is 1.00 bits per heavy atom. The molecule has 1 N–H and O–H groups in total. The first-order valence-corrected chi connectivity index (χ1v) is 8.55. The molecule has 0 aliphatic heterocycles. The van der Waals surface area contributed by atoms with E-state index >= 15 is 0 Å². The average Bonchev–Trinajstić information content (AvgIpc) is 2.46. The van der Waals surface area contributed by atoms with Crippen molar-refractivity contribution < 1.29 is 0 Å². The summed E-state index contributed by atoms with van der Waals surface area (Å²) >= 11 is 0. The summed E-state index contributed by atoms with van der Waals surface area (Å²) < 4.78 is 0. The Bertz CT molecular complexity index is 250. The van der Waals surface area contributed by atoms with Gasteiger partial charge >= 0.3 is 0 Å². The molecular weight excluding hydrogens is 232 g/mol. The lowest BCUT2D eigenvalue weighted by atomic mass is 9.79. The van der Waals surface area contributed by atoms with E-state index in [0.717, 1.165) is 5.92 Å². The third-order valence-electron chi connectivity index (χ3n) is 5.84. The Hall–Kier alpha value is -0.0800. The van der Waals surface area contributed by atoms with Crippen molar-refractivity contribution in [1.29, 1.82) is 0 Å². The van der Waals surface area contributed by atoms with E-state index in [4.69, 9.17) is 0 Å². The van der Waals surface area contributed by atoms with Crippen molar-refractivity contribution in [1.82, 2.24) is 10.2 Å². The number of nitrogens with one attached hydrogen (secondary N) is 1. The summed E-state index contributed by atoms with van der Waals surface area (Å²) in [6.45, 7) is 3.61. The molecule has 0 saturated heterocycles. The molecule has 2 rings (SSSR count). The van der Waals surface area contributed by atoms with E-state index in [9.17, 15) is 0 Å². The van der Waals surface area contributed by atoms with E-state index in [-0.39, 0.29) is 0 Å². The molecule has 0 aromatic heterocycles. The summed E-state index contributed by atoms with van der Waals surface area (Å²) in [6, 6.07) is 0.707. The van der Waals surface area contributed by atoms with Crippen LogP contribution in [0.2, 0.25) is 0 Å². The Kier molecular flexibility index (Phi) is 5.70. The molecule has 2 heteroatoms. The molecule has 0 heterocycles. The molecule has 0 bridgehead atoms. The second-order valence-corrected chi connectivity index (χ2v) is 7.25. The van der Waals surface area contributed by atoms with Gasteiger partial charge in [-0.1, -0.05) is 38.5 Å². The Labute approximate surface area is 120 Å². The highest BCUT2D eigenvalue weighted by atomic mass is 15.2. The molecule has 0 spiro atoms. The van der Waals surface area contributed by atoms with Gasteiger partial charge in [0.05, 0.1) is 0 Å². The summed E-state index contributed by atoms with van der Waals surface area (Å²) in [7, 11) is 4.55. The lowest BCUT2D eigenvalue weighted by Gasteiger charge is -2.44. The number of nitrogens with zero attached hydrogens (tertiary/aromatic N) is 1. The second-order valence-electron chi connectivity index (χ2n) is 7.25. The Morgan fingerprint density at radius 3 is 2.16 bits per heavy atom. The van der Waals surface area contributed by atoms with Gasteiger partial charge in [-0.05, 0) is 52.6 Å². The normalized spacial score (nSPS) is 26.5. The molecule has 1 unspecified atom stereocenters. The van der Waals surface area contributed by atoms with Crippen LogP contribution in [0.15, 0.2) is 0 Å². The maximum absolute atomic E-state index is 3.90. The molecule has 1 atom stereocenters. The first kappa shape index (κ1) is 15.3. The van der Waals surface area contributed by atoms with Crippen molar-refractivity contribution in [2.24, 2.45) is 5.92 Å². The van der Waals surface area contributed by atoms with Crippen molar-refractivity contribution in [3.63, 3.8) is 0 Å². The summed E-state index contributed by atoms with van der Waals surface area (Å²) in [5.41, 5.74) is 0.432. The molecule has 2 saturated carbocycles. The van der Waals surface area contributed by atoms with Crippen molar-refractivity contribution in [3.8, 4) is 0 Å². The monoisotopic (exact) mass is 266 g/mol. The van der Waals surface area contributed by atoms with Crippen LogP contribution in [0.3, 0.4) is 0 Å². The molecule has 0 radical (unpaired) electrons. The number of likely N-dealkylation sites (N-methyl/N-ethyl adjacent to an activating group) is 1. The van der Waals surface area contributed by atoms with Gasteiger partial charge in [-0.15, -0.1) is 0 Å². The molecule has 2 aliphatic carbocycles. The van der Waals surface area contributed by atoms with Gasteiger partial charge in [-0.25, -0.2) is 0 Å². The number of rotatable bonds is 5. The highest BCUT2D eigenvalue weighted by molar-refractivity contribution is 4.93. The molecule has 0 amide bonds. The second kappa shape index (κ2) is 7.08. The van der Waals surface area contributed by atoms with Gasteiger partial charge < -0.3 is 10.2 Å². The van der Waals surface area contributed by atoms with Gasteiger partial charge in [0.2, 0.25) is 0 Å². The molecule has 0 aromatic rings. The Balaban J connectivity index is 1.84. The smallest absolute Gasteiger partial charge is 0.0327 e. The topological polar surface area (TPSA) is 15.3 Å². The van der Waals surface area contributed by atoms with E-state index in [0.29, 0.717) is 11.6 Å². The fourth-order valence-corrected chi connectivity index (χ4v) is 4.14. The summed E-state index contributed by atoms with van der Waals surface area (Å²) in [5, 5.41) is 3.90. The predicted octanol–water partition coefficient (Wildman–Crippen LogP) is 3.81. The Morgan fingerprint density at radius 2 is 1.58 bits per heavy atom. The molecular formula is C17H34N2. The van der Waals surface area contributed by atoms with Crippen LogP contribution in [-0.4, -0.2) is 37.1 Å². The van der Waals surface area contributed by atoms with Crippen molar-refractivity contribution in [2.75, 3.05) is 20.6 Å². The summed E-state index contributed by atoms with van der Waals surface area (Å²) in [6.07, 6.45) is 14.3. The van der Waals surface area contributed by atoms with Crippen molar-refractivity contribution in [2.45, 2.75) is 82.7 Å². The minimum Gasteiger partial charge on any atom is -0.312 e. The third kappa shape index (κ3) is 3.95. The summed E-state index contributed by atoms with van der Waals surface area (Å²) in [4.78, 5) is 2.49. The van der Waals surface area contributed by atoms with Crippen LogP contribution in [0.1, 0.15) is 71.1 Å². The highest BCUT2D eigenvalue weighted by Crippen LogP contribution is 2.32. The number of hydrogen-bond donors (Lipinski definition) is 1. The zero-order chi connectivity index (χ0) is 13.7. The molecule has 2 fully saturated rings. The fraction of sp³-hybridized carbons (Fsp3) is 1.00. The van der Waals surface area contributed by atoms with Crippen molar-refractivity contribution in [3.05, 3.63) is 0 Å². The van der Waals surface area contributed by atoms with E-state index < -0.39 is 0 Å². The first-order valence-electron chi connectivity index (χ1n) is 8.55. The van der Waals surface area contributed by atoms with E-state index in [1.54, 1.807) is 0 Å². The van der Waals surface area contributed by atoms with Crippen LogP contribution in [0.25, 0.3) is 0 Å². The lowest BCUT2D eigenvalue weighted by molar-refractivity contribution is 0.0912. The fourth-order valence-electron chi connectivity index (χ4n) is 4.14.